The van der Waals surface area contributed by atoms with Crippen LogP contribution < -0.4 is 0 Å². The van der Waals surface area contributed by atoms with Crippen molar-refractivity contribution in [2.45, 2.75) is 19.6 Å². The second-order valence-corrected chi connectivity index (χ2v) is 6.34. The monoisotopic (exact) mass is 396 g/mol. The van der Waals surface area contributed by atoms with Crippen molar-refractivity contribution < 1.29 is 27.5 Å². The van der Waals surface area contributed by atoms with Gasteiger partial charge in [0.25, 0.3) is 5.89 Å². The molecular weight excluding hydrogens is 379 g/mol. The van der Waals surface area contributed by atoms with Crippen molar-refractivity contribution in [3.05, 3.63) is 71.6 Å². The van der Waals surface area contributed by atoms with E-state index < -0.39 is 12.1 Å². The van der Waals surface area contributed by atoms with E-state index in [-0.39, 0.29) is 30.0 Å². The molecule has 8 heteroatoms. The molecule has 0 saturated carbocycles. The molecule has 148 valence electrons. The largest absolute Gasteiger partial charge is 0.449 e. The molecule has 0 aliphatic carbocycles. The molecule has 0 unspecified atom stereocenters. The normalized spacial score (nSPS) is 12.2. The first-order valence-electron chi connectivity index (χ1n) is 8.86. The number of carbonyl (C=O) groups is 1. The van der Waals surface area contributed by atoms with E-state index in [0.29, 0.717) is 16.7 Å². The van der Waals surface area contributed by atoms with Crippen LogP contribution in [0.15, 0.2) is 57.4 Å². The molecule has 0 radical (unpaired) electrons. The Balaban J connectivity index is 1.55. The number of halogens is 1. The summed E-state index contributed by atoms with van der Waals surface area (Å²) in [5, 5.41) is 8.63. The molecule has 4 aromatic rings. The highest BCUT2D eigenvalue weighted by Crippen LogP contribution is 2.29. The number of hydrogen-bond acceptors (Lipinski definition) is 7. The van der Waals surface area contributed by atoms with Gasteiger partial charge in [0.1, 0.15) is 11.4 Å². The van der Waals surface area contributed by atoms with E-state index >= 15 is 0 Å². The Labute approximate surface area is 165 Å². The predicted octanol–water partition coefficient (Wildman–Crippen LogP) is 4.69. The van der Waals surface area contributed by atoms with Crippen molar-refractivity contribution in [3.63, 3.8) is 0 Å². The van der Waals surface area contributed by atoms with Crippen molar-refractivity contribution in [2.75, 3.05) is 7.11 Å². The van der Waals surface area contributed by atoms with Crippen LogP contribution in [0.4, 0.5) is 4.39 Å². The summed E-state index contributed by atoms with van der Waals surface area (Å²) in [5.41, 5.74) is 1.73. The van der Waals surface area contributed by atoms with E-state index in [1.54, 1.807) is 13.0 Å². The number of benzene rings is 2. The van der Waals surface area contributed by atoms with Gasteiger partial charge >= 0.3 is 5.97 Å². The molecule has 7 nitrogen and oxygen atoms in total. The number of carbonyl (C=O) groups excluding carboxylic acids is 1. The minimum Gasteiger partial charge on any atom is -0.449 e. The fourth-order valence-corrected chi connectivity index (χ4v) is 2.92. The number of hydrogen-bond donors (Lipinski definition) is 0. The average molecular weight is 396 g/mol. The van der Waals surface area contributed by atoms with Crippen molar-refractivity contribution in [1.82, 2.24) is 10.2 Å². The van der Waals surface area contributed by atoms with Crippen LogP contribution in [0.5, 0.6) is 0 Å². The molecule has 4 rings (SSSR count). The molecule has 0 N–H and O–H groups in total. The van der Waals surface area contributed by atoms with Crippen LogP contribution in [0.25, 0.3) is 22.4 Å². The summed E-state index contributed by atoms with van der Waals surface area (Å²) in [6.07, 6.45) is -0.812. The molecule has 2 aromatic heterocycles. The van der Waals surface area contributed by atoms with Gasteiger partial charge in [-0.25, -0.2) is 9.18 Å². The second kappa shape index (κ2) is 7.84. The molecule has 0 saturated heterocycles. The Kier molecular flexibility index (Phi) is 5.09. The molecule has 0 spiro atoms. The quantitative estimate of drug-likeness (QED) is 0.437. The third kappa shape index (κ3) is 3.74. The van der Waals surface area contributed by atoms with E-state index in [2.05, 4.69) is 10.2 Å². The standard InChI is InChI=1S/C21H17FN2O5/c1-12(19-23-24-20(29-19)13-7-9-14(22)10-8-13)27-21(25)18-16(11-26-2)15-5-3-4-6-17(15)28-18/h3-10,12H,11H2,1-2H3/t12-/m1/s1. The van der Waals surface area contributed by atoms with Gasteiger partial charge in [-0.1, -0.05) is 18.2 Å². The summed E-state index contributed by atoms with van der Waals surface area (Å²) in [5.74, 6) is -0.650. The number of ether oxygens (including phenoxy) is 2. The van der Waals surface area contributed by atoms with Crippen LogP contribution in [-0.4, -0.2) is 23.3 Å². The molecule has 0 amide bonds. The first-order chi connectivity index (χ1) is 14.1. The zero-order chi connectivity index (χ0) is 20.4. The number of nitrogens with zero attached hydrogens (tertiary/aromatic N) is 2. The third-order valence-corrected chi connectivity index (χ3v) is 4.34. The van der Waals surface area contributed by atoms with Crippen LogP contribution in [-0.2, 0) is 16.1 Å². The highest BCUT2D eigenvalue weighted by molar-refractivity contribution is 5.96. The summed E-state index contributed by atoms with van der Waals surface area (Å²) >= 11 is 0. The Morgan fingerprint density at radius 2 is 1.86 bits per heavy atom. The van der Waals surface area contributed by atoms with Gasteiger partial charge in [0.15, 0.2) is 6.10 Å². The van der Waals surface area contributed by atoms with Gasteiger partial charge < -0.3 is 18.3 Å². The van der Waals surface area contributed by atoms with Crippen LogP contribution in [0.3, 0.4) is 0 Å². The molecule has 0 aliphatic rings. The third-order valence-electron chi connectivity index (χ3n) is 4.34. The van der Waals surface area contributed by atoms with E-state index in [0.717, 1.165) is 5.39 Å². The lowest BCUT2D eigenvalue weighted by molar-refractivity contribution is 0.0241. The molecule has 0 fully saturated rings. The highest BCUT2D eigenvalue weighted by atomic mass is 19.1. The SMILES string of the molecule is COCc1c(C(=O)O[C@H](C)c2nnc(-c3ccc(F)cc3)o2)oc2ccccc12. The topological polar surface area (TPSA) is 87.6 Å². The van der Waals surface area contributed by atoms with Gasteiger partial charge in [-0.3, -0.25) is 0 Å². The first-order valence-corrected chi connectivity index (χ1v) is 8.86. The number of aromatic nitrogens is 2. The van der Waals surface area contributed by atoms with Crippen molar-refractivity contribution in [2.24, 2.45) is 0 Å². The van der Waals surface area contributed by atoms with Crippen LogP contribution in [0.1, 0.15) is 35.0 Å². The molecule has 1 atom stereocenters. The molecule has 2 heterocycles. The molecule has 2 aromatic carbocycles. The molecule has 0 bridgehead atoms. The lowest BCUT2D eigenvalue weighted by Crippen LogP contribution is -2.11. The summed E-state index contributed by atoms with van der Waals surface area (Å²) in [6, 6.07) is 12.9. The maximum atomic E-state index is 13.1. The van der Waals surface area contributed by atoms with Crippen molar-refractivity contribution in [1.29, 1.82) is 0 Å². The Hall–Kier alpha value is -3.52. The Morgan fingerprint density at radius 3 is 2.62 bits per heavy atom. The van der Waals surface area contributed by atoms with Crippen LogP contribution in [0.2, 0.25) is 0 Å². The lowest BCUT2D eigenvalue weighted by atomic mass is 10.1. The molecule has 29 heavy (non-hydrogen) atoms. The van der Waals surface area contributed by atoms with Gasteiger partial charge in [0, 0.05) is 23.6 Å². The Bertz CT molecular complexity index is 1150. The van der Waals surface area contributed by atoms with E-state index in [9.17, 15) is 9.18 Å². The fraction of sp³-hybridized carbons (Fsp3) is 0.190. The minimum atomic E-state index is -0.812. The van der Waals surface area contributed by atoms with Gasteiger partial charge in [-0.2, -0.15) is 0 Å². The number of esters is 1. The first kappa shape index (κ1) is 18.8. The van der Waals surface area contributed by atoms with Crippen molar-refractivity contribution >= 4 is 16.9 Å². The zero-order valence-corrected chi connectivity index (χ0v) is 15.7. The van der Waals surface area contributed by atoms with Crippen LogP contribution >= 0.6 is 0 Å². The Morgan fingerprint density at radius 1 is 1.10 bits per heavy atom. The summed E-state index contributed by atoms with van der Waals surface area (Å²) in [4.78, 5) is 12.7. The van der Waals surface area contributed by atoms with E-state index in [4.69, 9.17) is 18.3 Å². The number of furan rings is 1. The number of methoxy groups -OCH3 is 1. The summed E-state index contributed by atoms with van der Waals surface area (Å²) in [6.45, 7) is 1.81. The summed E-state index contributed by atoms with van der Waals surface area (Å²) < 4.78 is 35.0. The van der Waals surface area contributed by atoms with E-state index in [1.807, 2.05) is 18.2 Å². The molecule has 0 aliphatic heterocycles. The van der Waals surface area contributed by atoms with Gasteiger partial charge in [0.2, 0.25) is 11.7 Å². The smallest absolute Gasteiger partial charge is 0.375 e. The van der Waals surface area contributed by atoms with Crippen molar-refractivity contribution in [3.8, 4) is 11.5 Å². The zero-order valence-electron chi connectivity index (χ0n) is 15.7. The van der Waals surface area contributed by atoms with Crippen LogP contribution in [0, 0.1) is 5.82 Å². The summed E-state index contributed by atoms with van der Waals surface area (Å²) in [7, 11) is 1.54. The minimum absolute atomic E-state index is 0.0678. The molecular formula is C21H17FN2O5. The lowest BCUT2D eigenvalue weighted by Gasteiger charge is -2.09. The highest BCUT2D eigenvalue weighted by Gasteiger charge is 2.26. The number of fused-ring (bicyclic) bond motifs is 1. The average Bonchev–Trinajstić information content (AvgIpc) is 3.35. The maximum absolute atomic E-state index is 13.1. The van der Waals surface area contributed by atoms with Gasteiger partial charge in [0.05, 0.1) is 6.61 Å². The van der Waals surface area contributed by atoms with Gasteiger partial charge in [-0.05, 0) is 37.3 Å². The number of rotatable bonds is 6. The van der Waals surface area contributed by atoms with E-state index in [1.165, 1.54) is 31.4 Å². The number of para-hydroxylation sites is 1. The fourth-order valence-electron chi connectivity index (χ4n) is 2.92. The van der Waals surface area contributed by atoms with Gasteiger partial charge in [-0.15, -0.1) is 10.2 Å². The maximum Gasteiger partial charge on any atom is 0.375 e. The predicted molar refractivity (Wildman–Crippen MR) is 100 cm³/mol. The second-order valence-electron chi connectivity index (χ2n) is 6.34.